The van der Waals surface area contributed by atoms with Gasteiger partial charge in [-0.3, -0.25) is 14.9 Å². The van der Waals surface area contributed by atoms with E-state index in [9.17, 15) is 20.0 Å². The second kappa shape index (κ2) is 8.64. The molecule has 0 spiro atoms. The number of nitrogens with one attached hydrogen (secondary N) is 1. The van der Waals surface area contributed by atoms with Crippen LogP contribution in [0.3, 0.4) is 0 Å². The molecule has 2 aromatic rings. The molecule has 0 aliphatic heterocycles. The normalized spacial score (nSPS) is 12.0. The summed E-state index contributed by atoms with van der Waals surface area (Å²) in [5, 5.41) is 23.9. The van der Waals surface area contributed by atoms with E-state index in [0.717, 1.165) is 4.90 Å². The number of non-ortho nitro benzene ring substituents is 1. The van der Waals surface area contributed by atoms with Crippen molar-refractivity contribution in [1.82, 2.24) is 5.32 Å². The number of nitro groups is 1. The van der Waals surface area contributed by atoms with Gasteiger partial charge in [0.25, 0.3) is 11.6 Å². The summed E-state index contributed by atoms with van der Waals surface area (Å²) in [5.74, 6) is -0.276. The first kappa shape index (κ1) is 19.0. The summed E-state index contributed by atoms with van der Waals surface area (Å²) in [7, 11) is 0. The second-order valence-corrected chi connectivity index (χ2v) is 7.42. The SMILES string of the molecule is CC(C)Sc1ccc(C(=O)NC[C@H](O)c2ccc([N+](=O)[O-])cc2)cc1. The number of carbonyl (C=O) groups excluding carboxylic acids is 1. The van der Waals surface area contributed by atoms with Crippen molar-refractivity contribution in [2.45, 2.75) is 30.1 Å². The number of aliphatic hydroxyl groups is 1. The lowest BCUT2D eigenvalue weighted by Crippen LogP contribution is -2.28. The molecule has 0 heterocycles. The maximum absolute atomic E-state index is 12.1. The molecule has 0 aliphatic rings. The van der Waals surface area contributed by atoms with Gasteiger partial charge in [-0.2, -0.15) is 0 Å². The number of hydrogen-bond acceptors (Lipinski definition) is 5. The zero-order valence-electron chi connectivity index (χ0n) is 14.0. The third-order valence-electron chi connectivity index (χ3n) is 3.43. The third-order valence-corrected chi connectivity index (χ3v) is 4.45. The highest BCUT2D eigenvalue weighted by Crippen LogP contribution is 2.23. The summed E-state index contributed by atoms with van der Waals surface area (Å²) in [6, 6.07) is 12.9. The first-order valence-corrected chi connectivity index (χ1v) is 8.72. The Labute approximate surface area is 150 Å². The van der Waals surface area contributed by atoms with Gasteiger partial charge in [-0.05, 0) is 42.0 Å². The Bertz CT molecular complexity index is 730. The summed E-state index contributed by atoms with van der Waals surface area (Å²) in [6.07, 6.45) is -0.930. The lowest BCUT2D eigenvalue weighted by atomic mass is 10.1. The minimum atomic E-state index is -0.930. The quantitative estimate of drug-likeness (QED) is 0.447. The average Bonchev–Trinajstić information content (AvgIpc) is 2.59. The van der Waals surface area contributed by atoms with Crippen LogP contribution in [-0.4, -0.2) is 27.7 Å². The topological polar surface area (TPSA) is 92.5 Å². The number of aliphatic hydroxyl groups excluding tert-OH is 1. The molecule has 0 bridgehead atoms. The summed E-state index contributed by atoms with van der Waals surface area (Å²) in [5.41, 5.74) is 0.984. The fourth-order valence-corrected chi connectivity index (χ4v) is 3.02. The fraction of sp³-hybridized carbons (Fsp3) is 0.278. The molecule has 1 atom stereocenters. The standard InChI is InChI=1S/C18H20N2O4S/c1-12(2)25-16-9-5-14(6-10-16)18(22)19-11-17(21)13-3-7-15(8-4-13)20(23)24/h3-10,12,17,21H,11H2,1-2H3,(H,19,22)/t17-/m0/s1. The van der Waals surface area contributed by atoms with Crippen LogP contribution < -0.4 is 5.32 Å². The van der Waals surface area contributed by atoms with E-state index in [2.05, 4.69) is 19.2 Å². The number of hydrogen-bond donors (Lipinski definition) is 2. The molecule has 2 rings (SSSR count). The molecule has 25 heavy (non-hydrogen) atoms. The van der Waals surface area contributed by atoms with Gasteiger partial charge >= 0.3 is 0 Å². The Kier molecular flexibility index (Phi) is 6.55. The predicted octanol–water partition coefficient (Wildman–Crippen LogP) is 3.56. The Hall–Kier alpha value is -2.38. The van der Waals surface area contributed by atoms with Gasteiger partial charge in [-0.15, -0.1) is 11.8 Å². The second-order valence-electron chi connectivity index (χ2n) is 5.77. The molecule has 132 valence electrons. The van der Waals surface area contributed by atoms with Crippen LogP contribution in [0.2, 0.25) is 0 Å². The monoisotopic (exact) mass is 360 g/mol. The lowest BCUT2D eigenvalue weighted by Gasteiger charge is -2.12. The zero-order valence-corrected chi connectivity index (χ0v) is 14.8. The predicted molar refractivity (Wildman–Crippen MR) is 97.8 cm³/mol. The molecule has 1 amide bonds. The molecule has 0 unspecified atom stereocenters. The van der Waals surface area contributed by atoms with Crippen molar-refractivity contribution in [2.24, 2.45) is 0 Å². The van der Waals surface area contributed by atoms with E-state index in [1.54, 1.807) is 23.9 Å². The highest BCUT2D eigenvalue weighted by Gasteiger charge is 2.13. The van der Waals surface area contributed by atoms with Crippen LogP contribution in [0.4, 0.5) is 5.69 Å². The smallest absolute Gasteiger partial charge is 0.269 e. The van der Waals surface area contributed by atoms with Crippen molar-refractivity contribution in [3.63, 3.8) is 0 Å². The van der Waals surface area contributed by atoms with E-state index >= 15 is 0 Å². The number of thioether (sulfide) groups is 1. The van der Waals surface area contributed by atoms with Crippen LogP contribution >= 0.6 is 11.8 Å². The highest BCUT2D eigenvalue weighted by atomic mass is 32.2. The molecule has 7 heteroatoms. The molecule has 0 aromatic heterocycles. The van der Waals surface area contributed by atoms with E-state index in [-0.39, 0.29) is 18.1 Å². The van der Waals surface area contributed by atoms with Crippen LogP contribution in [0.25, 0.3) is 0 Å². The van der Waals surface area contributed by atoms with Crippen molar-refractivity contribution in [3.05, 3.63) is 69.8 Å². The van der Waals surface area contributed by atoms with Gasteiger partial charge in [-0.25, -0.2) is 0 Å². The lowest BCUT2D eigenvalue weighted by molar-refractivity contribution is -0.384. The first-order valence-electron chi connectivity index (χ1n) is 7.84. The average molecular weight is 360 g/mol. The van der Waals surface area contributed by atoms with Crippen molar-refractivity contribution >= 4 is 23.4 Å². The minimum Gasteiger partial charge on any atom is -0.387 e. The molecule has 0 saturated carbocycles. The maximum Gasteiger partial charge on any atom is 0.269 e. The number of nitro benzene ring substituents is 1. The number of benzene rings is 2. The minimum absolute atomic E-state index is 0.0269. The van der Waals surface area contributed by atoms with Crippen LogP contribution in [0.15, 0.2) is 53.4 Å². The Morgan fingerprint density at radius 2 is 1.76 bits per heavy atom. The molecular formula is C18H20N2O4S. The van der Waals surface area contributed by atoms with Gasteiger partial charge in [0.15, 0.2) is 0 Å². The van der Waals surface area contributed by atoms with Crippen molar-refractivity contribution in [2.75, 3.05) is 6.54 Å². The van der Waals surface area contributed by atoms with E-state index in [1.165, 1.54) is 24.3 Å². The van der Waals surface area contributed by atoms with Crippen molar-refractivity contribution < 1.29 is 14.8 Å². The molecule has 2 aromatic carbocycles. The number of carbonyl (C=O) groups is 1. The number of nitrogens with zero attached hydrogens (tertiary/aromatic N) is 1. The first-order chi connectivity index (χ1) is 11.9. The molecule has 2 N–H and O–H groups in total. The maximum atomic E-state index is 12.1. The van der Waals surface area contributed by atoms with Crippen LogP contribution in [0.1, 0.15) is 35.9 Å². The van der Waals surface area contributed by atoms with Crippen molar-refractivity contribution in [3.8, 4) is 0 Å². The Morgan fingerprint density at radius 1 is 1.16 bits per heavy atom. The zero-order chi connectivity index (χ0) is 18.4. The van der Waals surface area contributed by atoms with Gasteiger partial charge in [0.05, 0.1) is 11.0 Å². The summed E-state index contributed by atoms with van der Waals surface area (Å²) >= 11 is 1.72. The van der Waals surface area contributed by atoms with Crippen LogP contribution in [0.5, 0.6) is 0 Å². The van der Waals surface area contributed by atoms with Gasteiger partial charge in [0.1, 0.15) is 0 Å². The van der Waals surface area contributed by atoms with Crippen LogP contribution in [0, 0.1) is 10.1 Å². The van der Waals surface area contributed by atoms with Gasteiger partial charge in [-0.1, -0.05) is 13.8 Å². The highest BCUT2D eigenvalue weighted by molar-refractivity contribution is 7.99. The van der Waals surface area contributed by atoms with Gasteiger partial charge in [0.2, 0.25) is 0 Å². The largest absolute Gasteiger partial charge is 0.387 e. The number of rotatable bonds is 7. The fourth-order valence-electron chi connectivity index (χ4n) is 2.18. The molecule has 0 radical (unpaired) electrons. The van der Waals surface area contributed by atoms with Gasteiger partial charge in [0, 0.05) is 34.4 Å². The number of amides is 1. The molecule has 6 nitrogen and oxygen atoms in total. The molecular weight excluding hydrogens is 340 g/mol. The summed E-state index contributed by atoms with van der Waals surface area (Å²) in [4.78, 5) is 23.4. The van der Waals surface area contributed by atoms with Crippen LogP contribution in [-0.2, 0) is 0 Å². The van der Waals surface area contributed by atoms with E-state index in [1.807, 2.05) is 12.1 Å². The molecule has 0 fully saturated rings. The van der Waals surface area contributed by atoms with E-state index in [0.29, 0.717) is 16.4 Å². The third kappa shape index (κ3) is 5.58. The molecule has 0 aliphatic carbocycles. The Balaban J connectivity index is 1.91. The summed E-state index contributed by atoms with van der Waals surface area (Å²) in [6.45, 7) is 4.23. The van der Waals surface area contributed by atoms with E-state index in [4.69, 9.17) is 0 Å². The Morgan fingerprint density at radius 3 is 2.28 bits per heavy atom. The van der Waals surface area contributed by atoms with Crippen molar-refractivity contribution in [1.29, 1.82) is 0 Å². The van der Waals surface area contributed by atoms with Gasteiger partial charge < -0.3 is 10.4 Å². The van der Waals surface area contributed by atoms with E-state index < -0.39 is 11.0 Å². The molecule has 0 saturated heterocycles. The summed E-state index contributed by atoms with van der Waals surface area (Å²) < 4.78 is 0.